The molecule has 0 spiro atoms. The number of hydrogen-bond acceptors (Lipinski definition) is 4. The molecule has 0 aliphatic carbocycles. The number of aromatic nitrogens is 4. The van der Waals surface area contributed by atoms with Gasteiger partial charge in [0, 0.05) is 26.4 Å². The minimum absolute atomic E-state index is 0.290. The fraction of sp³-hybridized carbons (Fsp3) is 0.500. The lowest BCUT2D eigenvalue weighted by Gasteiger charge is -2.05. The quantitative estimate of drug-likeness (QED) is 0.761. The summed E-state index contributed by atoms with van der Waals surface area (Å²) in [7, 11) is 3.10. The van der Waals surface area contributed by atoms with Crippen LogP contribution in [0.2, 0.25) is 0 Å². The van der Waals surface area contributed by atoms with Crippen LogP contribution < -0.4 is 11.2 Å². The van der Waals surface area contributed by atoms with Crippen LogP contribution in [-0.4, -0.2) is 30.7 Å². The topological polar surface area (TPSA) is 61.8 Å². The number of hydrogen-bond donors (Lipinski definition) is 0. The first-order valence-corrected chi connectivity index (χ1v) is 6.57. The third kappa shape index (κ3) is 1.80. The summed E-state index contributed by atoms with van der Waals surface area (Å²) in [5.74, 6) is 0.900. The molecule has 7 heteroatoms. The first-order valence-electron chi connectivity index (χ1n) is 5.17. The van der Waals surface area contributed by atoms with Gasteiger partial charge in [0.15, 0.2) is 11.2 Å². The average Bonchev–Trinajstić information content (AvgIpc) is 2.75. The Bertz CT molecular complexity index is 667. The second-order valence-corrected chi connectivity index (χ2v) is 4.79. The van der Waals surface area contributed by atoms with Crippen LogP contribution in [0.1, 0.15) is 0 Å². The Hall–Kier alpha value is -1.50. The van der Waals surface area contributed by atoms with Crippen molar-refractivity contribution in [2.45, 2.75) is 6.54 Å². The van der Waals surface area contributed by atoms with Gasteiger partial charge in [0.2, 0.25) is 0 Å². The van der Waals surface area contributed by atoms with Crippen molar-refractivity contribution >= 4 is 22.9 Å². The molecule has 0 atom stereocenters. The van der Waals surface area contributed by atoms with Crippen molar-refractivity contribution in [2.75, 3.05) is 12.0 Å². The van der Waals surface area contributed by atoms with Crippen molar-refractivity contribution in [3.63, 3.8) is 0 Å². The third-order valence-corrected chi connectivity index (χ3v) is 3.34. The molecule has 0 aromatic carbocycles. The molecule has 2 aromatic heterocycles. The van der Waals surface area contributed by atoms with Crippen LogP contribution in [0.5, 0.6) is 0 Å². The van der Waals surface area contributed by atoms with Crippen LogP contribution in [-0.2, 0) is 20.6 Å². The van der Waals surface area contributed by atoms with E-state index >= 15 is 0 Å². The molecule has 0 aliphatic heterocycles. The van der Waals surface area contributed by atoms with Gasteiger partial charge >= 0.3 is 5.69 Å². The minimum Gasteiger partial charge on any atom is -0.324 e. The molecule has 0 bridgehead atoms. The zero-order chi connectivity index (χ0) is 12.6. The average molecular weight is 254 g/mol. The Morgan fingerprint density at radius 2 is 2.00 bits per heavy atom. The van der Waals surface area contributed by atoms with Crippen molar-refractivity contribution in [1.82, 2.24) is 18.7 Å². The molecular formula is C10H14N4O2S. The first-order chi connectivity index (χ1) is 8.07. The van der Waals surface area contributed by atoms with Crippen LogP contribution in [0.15, 0.2) is 15.9 Å². The van der Waals surface area contributed by atoms with E-state index in [2.05, 4.69) is 4.98 Å². The molecule has 0 saturated carbocycles. The maximum atomic E-state index is 12.0. The summed E-state index contributed by atoms with van der Waals surface area (Å²) in [6.07, 6.45) is 3.62. The number of rotatable bonds is 3. The van der Waals surface area contributed by atoms with Gasteiger partial charge in [0.1, 0.15) is 0 Å². The zero-order valence-corrected chi connectivity index (χ0v) is 10.8. The number of nitrogens with zero attached hydrogens (tertiary/aromatic N) is 4. The summed E-state index contributed by atoms with van der Waals surface area (Å²) >= 11 is 1.70. The Morgan fingerprint density at radius 1 is 1.29 bits per heavy atom. The normalized spacial score (nSPS) is 11.2. The standard InChI is InChI=1S/C10H14N4O2S/c1-12-8-7(9(15)13(2)10(12)16)14(6-11-8)4-5-17-3/h6H,4-5H2,1-3H3. The maximum absolute atomic E-state index is 12.0. The van der Waals surface area contributed by atoms with E-state index in [1.807, 2.05) is 6.26 Å². The molecule has 2 heterocycles. The van der Waals surface area contributed by atoms with Gasteiger partial charge in [-0.2, -0.15) is 11.8 Å². The van der Waals surface area contributed by atoms with Crippen LogP contribution in [0, 0.1) is 0 Å². The zero-order valence-electron chi connectivity index (χ0n) is 10.0. The molecule has 17 heavy (non-hydrogen) atoms. The molecule has 92 valence electrons. The molecule has 0 saturated heterocycles. The van der Waals surface area contributed by atoms with Crippen molar-refractivity contribution in [3.05, 3.63) is 27.2 Å². The van der Waals surface area contributed by atoms with E-state index in [0.717, 1.165) is 10.3 Å². The first kappa shape index (κ1) is 12.0. The minimum atomic E-state index is -0.349. The number of aryl methyl sites for hydroxylation is 2. The monoisotopic (exact) mass is 254 g/mol. The Kier molecular flexibility index (Phi) is 3.10. The van der Waals surface area contributed by atoms with Crippen LogP contribution in [0.4, 0.5) is 0 Å². The van der Waals surface area contributed by atoms with Gasteiger partial charge in [-0.3, -0.25) is 13.9 Å². The van der Waals surface area contributed by atoms with Crippen molar-refractivity contribution < 1.29 is 0 Å². The Balaban J connectivity index is 2.77. The van der Waals surface area contributed by atoms with Gasteiger partial charge in [-0.1, -0.05) is 0 Å². The van der Waals surface area contributed by atoms with E-state index in [9.17, 15) is 9.59 Å². The summed E-state index contributed by atoms with van der Waals surface area (Å²) < 4.78 is 4.31. The molecule has 0 aliphatic rings. The summed E-state index contributed by atoms with van der Waals surface area (Å²) in [4.78, 5) is 27.9. The Labute approximate surface area is 102 Å². The van der Waals surface area contributed by atoms with E-state index in [1.54, 1.807) is 29.7 Å². The van der Waals surface area contributed by atoms with Crippen LogP contribution >= 0.6 is 11.8 Å². The molecule has 0 fully saturated rings. The van der Waals surface area contributed by atoms with E-state index < -0.39 is 0 Å². The van der Waals surface area contributed by atoms with E-state index in [-0.39, 0.29) is 11.2 Å². The van der Waals surface area contributed by atoms with E-state index in [4.69, 9.17) is 0 Å². The second-order valence-electron chi connectivity index (χ2n) is 3.81. The fourth-order valence-electron chi connectivity index (χ4n) is 1.76. The van der Waals surface area contributed by atoms with Gasteiger partial charge in [0.05, 0.1) is 6.33 Å². The van der Waals surface area contributed by atoms with E-state index in [1.165, 1.54) is 11.6 Å². The molecule has 0 N–H and O–H groups in total. The summed E-state index contributed by atoms with van der Waals surface area (Å²) in [5.41, 5.74) is 0.294. The fourth-order valence-corrected chi connectivity index (χ4v) is 2.14. The van der Waals surface area contributed by atoms with Crippen LogP contribution in [0.3, 0.4) is 0 Å². The highest BCUT2D eigenvalue weighted by Crippen LogP contribution is 2.06. The molecule has 0 radical (unpaired) electrons. The molecule has 2 rings (SSSR count). The number of thioether (sulfide) groups is 1. The lowest BCUT2D eigenvalue weighted by atomic mass is 10.5. The molecule has 0 amide bonds. The van der Waals surface area contributed by atoms with Crippen molar-refractivity contribution in [1.29, 1.82) is 0 Å². The van der Waals surface area contributed by atoms with Gasteiger partial charge in [-0.25, -0.2) is 9.78 Å². The molecule has 0 unspecified atom stereocenters. The number of imidazole rings is 1. The van der Waals surface area contributed by atoms with Gasteiger partial charge < -0.3 is 4.57 Å². The van der Waals surface area contributed by atoms with Crippen molar-refractivity contribution in [2.24, 2.45) is 14.1 Å². The van der Waals surface area contributed by atoms with Gasteiger partial charge in [0.25, 0.3) is 5.56 Å². The van der Waals surface area contributed by atoms with Gasteiger partial charge in [-0.05, 0) is 6.26 Å². The highest BCUT2D eigenvalue weighted by molar-refractivity contribution is 7.98. The van der Waals surface area contributed by atoms with E-state index in [0.29, 0.717) is 17.7 Å². The predicted molar refractivity (Wildman–Crippen MR) is 68.6 cm³/mol. The number of fused-ring (bicyclic) bond motifs is 1. The largest absolute Gasteiger partial charge is 0.332 e. The summed E-state index contributed by atoms with van der Waals surface area (Å²) in [6.45, 7) is 0.713. The molecular weight excluding hydrogens is 240 g/mol. The maximum Gasteiger partial charge on any atom is 0.332 e. The highest BCUT2D eigenvalue weighted by atomic mass is 32.2. The van der Waals surface area contributed by atoms with Crippen LogP contribution in [0.25, 0.3) is 11.2 Å². The Morgan fingerprint density at radius 3 is 2.65 bits per heavy atom. The second kappa shape index (κ2) is 4.40. The molecule has 2 aromatic rings. The highest BCUT2D eigenvalue weighted by Gasteiger charge is 2.13. The predicted octanol–water partition coefficient (Wildman–Crippen LogP) is -0.203. The lowest BCUT2D eigenvalue weighted by molar-refractivity contribution is 0.700. The third-order valence-electron chi connectivity index (χ3n) is 2.75. The SMILES string of the molecule is CSCCn1cnc2c1c(=O)n(C)c(=O)n2C. The summed E-state index contributed by atoms with van der Waals surface area (Å²) in [5, 5.41) is 0. The lowest BCUT2D eigenvalue weighted by Crippen LogP contribution is -2.37. The molecule has 6 nitrogen and oxygen atoms in total. The summed E-state index contributed by atoms with van der Waals surface area (Å²) in [6, 6.07) is 0. The van der Waals surface area contributed by atoms with Crippen molar-refractivity contribution in [3.8, 4) is 0 Å². The smallest absolute Gasteiger partial charge is 0.324 e. The van der Waals surface area contributed by atoms with Gasteiger partial charge in [-0.15, -0.1) is 0 Å².